The van der Waals surface area contributed by atoms with Crippen molar-refractivity contribution in [1.82, 2.24) is 10.9 Å². The number of amides is 2. The summed E-state index contributed by atoms with van der Waals surface area (Å²) in [5.41, 5.74) is 5.60. The van der Waals surface area contributed by atoms with Crippen molar-refractivity contribution in [3.05, 3.63) is 71.3 Å². The molecule has 0 saturated heterocycles. The number of nitrogens with zero attached hydrogens (tertiary/aromatic N) is 1. The summed E-state index contributed by atoms with van der Waals surface area (Å²) in [5.74, 6) is -0.494. The number of nitrogens with one attached hydrogen (secondary N) is 2. The minimum Gasteiger partial charge on any atom is -0.491 e. The molecule has 140 valence electrons. The largest absolute Gasteiger partial charge is 0.491 e. The highest BCUT2D eigenvalue weighted by Gasteiger charge is 2.04. The van der Waals surface area contributed by atoms with Gasteiger partial charge in [-0.3, -0.25) is 14.8 Å². The third kappa shape index (κ3) is 6.73. The van der Waals surface area contributed by atoms with E-state index in [1.165, 1.54) is 17.8 Å². The van der Waals surface area contributed by atoms with Gasteiger partial charge in [-0.1, -0.05) is 24.3 Å². The molecule has 0 saturated carbocycles. The summed E-state index contributed by atoms with van der Waals surface area (Å²) in [6.45, 7) is 0.120. The number of ether oxygens (including phenoxy) is 1. The average Bonchev–Trinajstić information content (AvgIpc) is 2.71. The van der Waals surface area contributed by atoms with Crippen molar-refractivity contribution in [1.29, 1.82) is 0 Å². The normalized spacial score (nSPS) is 10.9. The molecule has 0 aromatic heterocycles. The Morgan fingerprint density at radius 1 is 1.11 bits per heavy atom. The molecule has 8 heteroatoms. The SMILES string of the molecule is O=C(/C=C/c1cccc(C(=O)N/N=C/c2cccc(OCCO)c2)c1)NO. The minimum absolute atomic E-state index is 0.0761. The van der Waals surface area contributed by atoms with Crippen LogP contribution < -0.4 is 15.6 Å². The van der Waals surface area contributed by atoms with Gasteiger partial charge in [0.1, 0.15) is 12.4 Å². The fourth-order valence-corrected chi connectivity index (χ4v) is 2.07. The molecule has 0 heterocycles. The van der Waals surface area contributed by atoms with Crippen molar-refractivity contribution in [3.8, 4) is 5.75 Å². The number of carbonyl (C=O) groups excluding carboxylic acids is 2. The Balaban J connectivity index is 1.98. The van der Waals surface area contributed by atoms with Gasteiger partial charge in [0.15, 0.2) is 0 Å². The number of aliphatic hydroxyl groups excluding tert-OH is 1. The van der Waals surface area contributed by atoms with Crippen LogP contribution in [-0.2, 0) is 4.79 Å². The molecule has 0 aliphatic heterocycles. The van der Waals surface area contributed by atoms with E-state index in [0.29, 0.717) is 16.9 Å². The van der Waals surface area contributed by atoms with E-state index in [1.54, 1.807) is 48.5 Å². The molecule has 0 bridgehead atoms. The molecule has 0 atom stereocenters. The van der Waals surface area contributed by atoms with E-state index >= 15 is 0 Å². The molecule has 0 spiro atoms. The smallest absolute Gasteiger partial charge is 0.271 e. The van der Waals surface area contributed by atoms with Crippen LogP contribution in [0.2, 0.25) is 0 Å². The second-order valence-corrected chi connectivity index (χ2v) is 5.28. The topological polar surface area (TPSA) is 120 Å². The molecule has 0 aliphatic carbocycles. The summed E-state index contributed by atoms with van der Waals surface area (Å²) in [7, 11) is 0. The van der Waals surface area contributed by atoms with Crippen LogP contribution in [0.15, 0.2) is 59.7 Å². The van der Waals surface area contributed by atoms with Crippen LogP contribution in [0.3, 0.4) is 0 Å². The predicted molar refractivity (Wildman–Crippen MR) is 99.5 cm³/mol. The van der Waals surface area contributed by atoms with E-state index in [-0.39, 0.29) is 13.2 Å². The third-order valence-electron chi connectivity index (χ3n) is 3.28. The number of hydrogen-bond acceptors (Lipinski definition) is 6. The fraction of sp³-hybridized carbons (Fsp3) is 0.105. The van der Waals surface area contributed by atoms with E-state index in [2.05, 4.69) is 10.5 Å². The molecule has 2 aromatic carbocycles. The van der Waals surface area contributed by atoms with Gasteiger partial charge in [0, 0.05) is 11.6 Å². The standard InChI is InChI=1S/C19H19N3O5/c23-9-10-27-17-6-2-4-15(12-17)13-20-21-19(25)16-5-1-3-14(11-16)7-8-18(24)22-26/h1-8,11-13,23,26H,9-10H2,(H,21,25)(H,22,24)/b8-7+,20-13+. The highest BCUT2D eigenvalue weighted by Crippen LogP contribution is 2.12. The highest BCUT2D eigenvalue weighted by atomic mass is 16.5. The highest BCUT2D eigenvalue weighted by molar-refractivity contribution is 5.96. The third-order valence-corrected chi connectivity index (χ3v) is 3.28. The van der Waals surface area contributed by atoms with Gasteiger partial charge < -0.3 is 9.84 Å². The van der Waals surface area contributed by atoms with E-state index < -0.39 is 11.8 Å². The lowest BCUT2D eigenvalue weighted by Gasteiger charge is -2.04. The molecule has 2 amide bonds. The molecule has 0 aliphatic rings. The van der Waals surface area contributed by atoms with Crippen molar-refractivity contribution in [3.63, 3.8) is 0 Å². The lowest BCUT2D eigenvalue weighted by atomic mass is 10.1. The molecule has 4 N–H and O–H groups in total. The summed E-state index contributed by atoms with van der Waals surface area (Å²) >= 11 is 0. The minimum atomic E-state index is -0.667. The maximum atomic E-state index is 12.2. The summed E-state index contributed by atoms with van der Waals surface area (Å²) < 4.78 is 5.30. The van der Waals surface area contributed by atoms with E-state index in [1.807, 2.05) is 0 Å². The molecule has 2 rings (SSSR count). The molecule has 0 radical (unpaired) electrons. The Kier molecular flexibility index (Phi) is 7.70. The Hall–Kier alpha value is -3.49. The van der Waals surface area contributed by atoms with Crippen LogP contribution >= 0.6 is 0 Å². The first-order chi connectivity index (χ1) is 13.1. The van der Waals surface area contributed by atoms with Gasteiger partial charge in [0.05, 0.1) is 12.8 Å². The Bertz CT molecular complexity index is 849. The molecule has 8 nitrogen and oxygen atoms in total. The molecule has 2 aromatic rings. The van der Waals surface area contributed by atoms with Gasteiger partial charge in [0.2, 0.25) is 0 Å². The maximum Gasteiger partial charge on any atom is 0.271 e. The van der Waals surface area contributed by atoms with Crippen LogP contribution in [0.1, 0.15) is 21.5 Å². The van der Waals surface area contributed by atoms with Crippen molar-refractivity contribution in [2.45, 2.75) is 0 Å². The first-order valence-corrected chi connectivity index (χ1v) is 8.01. The fourth-order valence-electron chi connectivity index (χ4n) is 2.07. The summed E-state index contributed by atoms with van der Waals surface area (Å²) in [6, 6.07) is 13.6. The van der Waals surface area contributed by atoms with Gasteiger partial charge in [-0.05, 0) is 41.5 Å². The lowest BCUT2D eigenvalue weighted by molar-refractivity contribution is -0.124. The monoisotopic (exact) mass is 369 g/mol. The van der Waals surface area contributed by atoms with Crippen LogP contribution in [0.5, 0.6) is 5.75 Å². The van der Waals surface area contributed by atoms with Gasteiger partial charge in [-0.2, -0.15) is 5.10 Å². The molecular weight excluding hydrogens is 350 g/mol. The number of hydrogen-bond donors (Lipinski definition) is 4. The first-order valence-electron chi connectivity index (χ1n) is 8.01. The average molecular weight is 369 g/mol. The Labute approximate surface area is 155 Å². The Morgan fingerprint density at radius 2 is 1.89 bits per heavy atom. The Morgan fingerprint density at radius 3 is 2.67 bits per heavy atom. The lowest BCUT2D eigenvalue weighted by Crippen LogP contribution is -2.17. The second-order valence-electron chi connectivity index (χ2n) is 5.28. The quantitative estimate of drug-likeness (QED) is 0.242. The number of carbonyl (C=O) groups is 2. The van der Waals surface area contributed by atoms with Crippen molar-refractivity contribution < 1.29 is 24.6 Å². The number of aliphatic hydroxyl groups is 1. The summed E-state index contributed by atoms with van der Waals surface area (Å²) in [6.07, 6.45) is 4.07. The zero-order chi connectivity index (χ0) is 19.5. The van der Waals surface area contributed by atoms with E-state index in [4.69, 9.17) is 15.1 Å². The maximum absolute atomic E-state index is 12.2. The zero-order valence-corrected chi connectivity index (χ0v) is 14.3. The van der Waals surface area contributed by atoms with Crippen molar-refractivity contribution in [2.75, 3.05) is 13.2 Å². The zero-order valence-electron chi connectivity index (χ0n) is 14.3. The van der Waals surface area contributed by atoms with Crippen LogP contribution in [-0.4, -0.2) is 41.6 Å². The molecular formula is C19H19N3O5. The van der Waals surface area contributed by atoms with Crippen molar-refractivity contribution >= 4 is 24.1 Å². The van der Waals surface area contributed by atoms with Crippen molar-refractivity contribution in [2.24, 2.45) is 5.10 Å². The summed E-state index contributed by atoms with van der Waals surface area (Å²) in [5, 5.41) is 21.1. The van der Waals surface area contributed by atoms with Gasteiger partial charge in [-0.15, -0.1) is 0 Å². The summed E-state index contributed by atoms with van der Waals surface area (Å²) in [4.78, 5) is 23.2. The first kappa shape index (κ1) is 19.8. The van der Waals surface area contributed by atoms with E-state index in [9.17, 15) is 9.59 Å². The molecule has 0 unspecified atom stereocenters. The number of rotatable bonds is 8. The number of hydrazone groups is 1. The van der Waals surface area contributed by atoms with Crippen LogP contribution in [0.25, 0.3) is 6.08 Å². The predicted octanol–water partition coefficient (Wildman–Crippen LogP) is 1.34. The van der Waals surface area contributed by atoms with Gasteiger partial charge in [-0.25, -0.2) is 10.9 Å². The molecule has 0 fully saturated rings. The van der Waals surface area contributed by atoms with Gasteiger partial charge in [0.25, 0.3) is 11.8 Å². The molecule has 27 heavy (non-hydrogen) atoms. The number of hydroxylamine groups is 1. The van der Waals surface area contributed by atoms with Gasteiger partial charge >= 0.3 is 0 Å². The number of benzene rings is 2. The van der Waals surface area contributed by atoms with Crippen LogP contribution in [0.4, 0.5) is 0 Å². The van der Waals surface area contributed by atoms with E-state index in [0.717, 1.165) is 11.6 Å². The van der Waals surface area contributed by atoms with Crippen LogP contribution in [0, 0.1) is 0 Å². The second kappa shape index (κ2) is 10.5.